The molecule has 0 fully saturated rings. The van der Waals surface area contributed by atoms with E-state index in [1.54, 1.807) is 0 Å². The molecule has 0 spiro atoms. The molecule has 0 unspecified atom stereocenters. The summed E-state index contributed by atoms with van der Waals surface area (Å²) in [5, 5.41) is 2.24. The lowest BCUT2D eigenvalue weighted by molar-refractivity contribution is -0.116. The Hall–Kier alpha value is -0.860. The Labute approximate surface area is 47.4 Å². The summed E-state index contributed by atoms with van der Waals surface area (Å²) < 4.78 is 11.7. The first-order valence-corrected chi connectivity index (χ1v) is 2.22. The molecule has 0 saturated carbocycles. The summed E-state index contributed by atoms with van der Waals surface area (Å²) in [6.45, 7) is 1.22. The Morgan fingerprint density at radius 2 is 2.25 bits per heavy atom. The van der Waals surface area contributed by atoms with E-state index in [1.807, 2.05) is 0 Å². The number of likely N-dealkylation sites (N-methyl/N-ethyl adjacent to an activating group) is 1. The summed E-state index contributed by atoms with van der Waals surface area (Å²) in [6.07, 6.45) is 0.889. The lowest BCUT2D eigenvalue weighted by atomic mass is 10.5. The fraction of sp³-hybridized carbons (Fsp3) is 0.400. The lowest BCUT2D eigenvalue weighted by Gasteiger charge is -1.86. The zero-order chi connectivity index (χ0) is 6.57. The Bertz CT molecular complexity index is 116. The molecule has 0 atom stereocenters. The Balaban J connectivity index is 3.70. The fourth-order valence-corrected chi connectivity index (χ4v) is 0.253. The number of halogens is 1. The molecule has 0 aliphatic carbocycles. The number of carbonyl (C=O) groups excluding carboxylic acids is 1. The smallest absolute Gasteiger partial charge is 0.246 e. The predicted molar refractivity (Wildman–Crippen MR) is 28.9 cm³/mol. The molecule has 0 saturated heterocycles. The van der Waals surface area contributed by atoms with Gasteiger partial charge in [0.05, 0.1) is 0 Å². The second-order valence-corrected chi connectivity index (χ2v) is 1.35. The Morgan fingerprint density at radius 3 is 2.38 bits per heavy atom. The van der Waals surface area contributed by atoms with Crippen LogP contribution in [0.2, 0.25) is 0 Å². The highest BCUT2D eigenvalue weighted by Crippen LogP contribution is 1.89. The van der Waals surface area contributed by atoms with Gasteiger partial charge in [0.1, 0.15) is 5.83 Å². The molecule has 0 rings (SSSR count). The first kappa shape index (κ1) is 7.14. The van der Waals surface area contributed by atoms with Gasteiger partial charge in [-0.1, -0.05) is 0 Å². The van der Waals surface area contributed by atoms with Crippen LogP contribution in [0.4, 0.5) is 4.39 Å². The van der Waals surface area contributed by atoms with E-state index < -0.39 is 11.7 Å². The summed E-state index contributed by atoms with van der Waals surface area (Å²) in [5.41, 5.74) is 0. The maximum Gasteiger partial charge on any atom is 0.246 e. The average molecular weight is 117 g/mol. The van der Waals surface area contributed by atoms with Crippen LogP contribution in [0.1, 0.15) is 6.92 Å². The monoisotopic (exact) mass is 117 g/mol. The summed E-state index contributed by atoms with van der Waals surface area (Å²) in [5.74, 6) is -0.894. The number of hydrogen-bond acceptors (Lipinski definition) is 1. The number of amides is 1. The highest BCUT2D eigenvalue weighted by molar-refractivity contribution is 5.87. The first-order chi connectivity index (χ1) is 3.66. The van der Waals surface area contributed by atoms with Crippen LogP contribution in [0, 0.1) is 0 Å². The van der Waals surface area contributed by atoms with Crippen LogP contribution in [0.3, 0.4) is 0 Å². The van der Waals surface area contributed by atoms with Crippen molar-refractivity contribution in [3.8, 4) is 0 Å². The minimum absolute atomic E-state index is 0.412. The topological polar surface area (TPSA) is 29.1 Å². The fourth-order valence-electron chi connectivity index (χ4n) is 0.253. The van der Waals surface area contributed by atoms with Gasteiger partial charge in [-0.25, -0.2) is 4.39 Å². The van der Waals surface area contributed by atoms with Crippen molar-refractivity contribution in [2.75, 3.05) is 7.05 Å². The van der Waals surface area contributed by atoms with Gasteiger partial charge in [0.15, 0.2) is 0 Å². The van der Waals surface area contributed by atoms with Gasteiger partial charge in [0, 0.05) is 13.1 Å². The molecular weight excluding hydrogens is 109 g/mol. The molecule has 0 aliphatic rings. The van der Waals surface area contributed by atoms with Gasteiger partial charge in [-0.3, -0.25) is 4.79 Å². The van der Waals surface area contributed by atoms with Crippen LogP contribution in [0.15, 0.2) is 11.9 Å². The first-order valence-electron chi connectivity index (χ1n) is 2.22. The molecule has 8 heavy (non-hydrogen) atoms. The van der Waals surface area contributed by atoms with Crippen LogP contribution >= 0.6 is 0 Å². The highest BCUT2D eigenvalue weighted by atomic mass is 19.1. The van der Waals surface area contributed by atoms with Crippen LogP contribution in [-0.2, 0) is 4.79 Å². The minimum atomic E-state index is -0.482. The second-order valence-electron chi connectivity index (χ2n) is 1.35. The van der Waals surface area contributed by atoms with Gasteiger partial charge in [-0.05, 0) is 6.92 Å². The van der Waals surface area contributed by atoms with Gasteiger partial charge in [0.25, 0.3) is 0 Å². The Morgan fingerprint density at radius 1 is 1.75 bits per heavy atom. The van der Waals surface area contributed by atoms with Gasteiger partial charge >= 0.3 is 0 Å². The molecule has 1 amide bonds. The minimum Gasteiger partial charge on any atom is -0.356 e. The van der Waals surface area contributed by atoms with E-state index in [2.05, 4.69) is 5.32 Å². The molecule has 0 aromatic heterocycles. The van der Waals surface area contributed by atoms with E-state index in [9.17, 15) is 9.18 Å². The number of nitrogens with one attached hydrogen (secondary N) is 1. The Kier molecular flexibility index (Phi) is 2.84. The third-order valence-corrected chi connectivity index (χ3v) is 0.576. The molecule has 46 valence electrons. The van der Waals surface area contributed by atoms with Gasteiger partial charge in [0.2, 0.25) is 5.91 Å². The maximum absolute atomic E-state index is 11.7. The average Bonchev–Trinajstić information content (AvgIpc) is 1.65. The zero-order valence-corrected chi connectivity index (χ0v) is 4.86. The molecule has 0 radical (unpaired) electrons. The van der Waals surface area contributed by atoms with E-state index in [0.717, 1.165) is 6.08 Å². The van der Waals surface area contributed by atoms with Gasteiger partial charge < -0.3 is 5.32 Å². The molecule has 0 aliphatic heterocycles. The van der Waals surface area contributed by atoms with Crippen molar-refractivity contribution in [3.63, 3.8) is 0 Å². The lowest BCUT2D eigenvalue weighted by Crippen LogP contribution is -2.14. The molecule has 2 nitrogen and oxygen atoms in total. The third-order valence-electron chi connectivity index (χ3n) is 0.576. The van der Waals surface area contributed by atoms with E-state index in [1.165, 1.54) is 14.0 Å². The van der Waals surface area contributed by atoms with E-state index in [4.69, 9.17) is 0 Å². The van der Waals surface area contributed by atoms with Crippen molar-refractivity contribution in [1.29, 1.82) is 0 Å². The quantitative estimate of drug-likeness (QED) is 0.501. The van der Waals surface area contributed by atoms with E-state index in [0.29, 0.717) is 0 Å². The molecule has 0 bridgehead atoms. The van der Waals surface area contributed by atoms with Crippen LogP contribution in [0.5, 0.6) is 0 Å². The zero-order valence-electron chi connectivity index (χ0n) is 4.86. The number of allylic oxidation sites excluding steroid dienone is 1. The molecule has 3 heteroatoms. The molecule has 0 aromatic carbocycles. The van der Waals surface area contributed by atoms with Crippen molar-refractivity contribution in [2.24, 2.45) is 0 Å². The van der Waals surface area contributed by atoms with Gasteiger partial charge in [-0.2, -0.15) is 0 Å². The van der Waals surface area contributed by atoms with Crippen LogP contribution in [-0.4, -0.2) is 13.0 Å². The standard InChI is InChI=1S/C5H8FNO/c1-4(6)3-5(8)7-2/h3H,1-2H3,(H,7,8)/b4-3-. The maximum atomic E-state index is 11.7. The van der Waals surface area contributed by atoms with Gasteiger partial charge in [-0.15, -0.1) is 0 Å². The van der Waals surface area contributed by atoms with Crippen molar-refractivity contribution in [2.45, 2.75) is 6.92 Å². The predicted octanol–water partition coefficient (Wildman–Crippen LogP) is 0.606. The second kappa shape index (κ2) is 3.18. The van der Waals surface area contributed by atoms with Crippen molar-refractivity contribution in [1.82, 2.24) is 5.32 Å². The third kappa shape index (κ3) is 3.33. The number of hydrogen-bond donors (Lipinski definition) is 1. The largest absolute Gasteiger partial charge is 0.356 e. The van der Waals surface area contributed by atoms with Crippen molar-refractivity contribution < 1.29 is 9.18 Å². The van der Waals surface area contributed by atoms with Crippen molar-refractivity contribution in [3.05, 3.63) is 11.9 Å². The molecule has 1 N–H and O–H groups in total. The van der Waals surface area contributed by atoms with E-state index in [-0.39, 0.29) is 0 Å². The van der Waals surface area contributed by atoms with E-state index >= 15 is 0 Å². The molecule has 0 heterocycles. The summed E-state index contributed by atoms with van der Waals surface area (Å²) in [7, 11) is 1.45. The summed E-state index contributed by atoms with van der Waals surface area (Å²) >= 11 is 0. The number of rotatable bonds is 1. The molecular formula is C5H8FNO. The van der Waals surface area contributed by atoms with Crippen LogP contribution < -0.4 is 5.32 Å². The summed E-state index contributed by atoms with van der Waals surface area (Å²) in [4.78, 5) is 10.2. The van der Waals surface area contributed by atoms with Crippen molar-refractivity contribution >= 4 is 5.91 Å². The number of carbonyl (C=O) groups is 1. The van der Waals surface area contributed by atoms with Crippen LogP contribution in [0.25, 0.3) is 0 Å². The molecule has 0 aromatic rings. The SMILES string of the molecule is CNC(=O)/C=C(/C)F. The normalized spacial score (nSPS) is 11.1. The summed E-state index contributed by atoms with van der Waals surface area (Å²) in [6, 6.07) is 0. The highest BCUT2D eigenvalue weighted by Gasteiger charge is 1.89.